The van der Waals surface area contributed by atoms with Crippen molar-refractivity contribution in [1.82, 2.24) is 0 Å². The molecule has 1 aromatic carbocycles. The molecule has 1 rings (SSSR count). The summed E-state index contributed by atoms with van der Waals surface area (Å²) in [4.78, 5) is -0.245. The maximum atomic E-state index is 12.8. The van der Waals surface area contributed by atoms with Crippen molar-refractivity contribution in [3.63, 3.8) is 0 Å². The van der Waals surface area contributed by atoms with Gasteiger partial charge in [-0.1, -0.05) is 38.9 Å². The summed E-state index contributed by atoms with van der Waals surface area (Å²) in [6, 6.07) is 3.80. The molecule has 0 saturated heterocycles. The van der Waals surface area contributed by atoms with Gasteiger partial charge < -0.3 is 11.1 Å². The predicted octanol–water partition coefficient (Wildman–Crippen LogP) is 4.58. The zero-order chi connectivity index (χ0) is 16.0. The topological polar surface area (TPSA) is 38.0 Å². The lowest BCUT2D eigenvalue weighted by Crippen LogP contribution is -2.18. The van der Waals surface area contributed by atoms with Crippen molar-refractivity contribution in [2.75, 3.05) is 11.9 Å². The summed E-state index contributed by atoms with van der Waals surface area (Å²) in [5.41, 5.74) is 5.07. The van der Waals surface area contributed by atoms with Crippen LogP contribution in [0.3, 0.4) is 0 Å². The largest absolute Gasteiger partial charge is 0.417 e. The lowest BCUT2D eigenvalue weighted by molar-refractivity contribution is -0.137. The molecule has 0 radical (unpaired) electrons. The summed E-state index contributed by atoms with van der Waals surface area (Å²) < 4.78 is 38.5. The standard InChI is InChI=1S/C15H21F3N2S/c1-10(2)5-3-4-8-20-11-6-7-13(15(16,17)18)12(9-11)14(19)21/h6-7,9-10,20H,3-5,8H2,1-2H3,(H2,19,21). The second kappa shape index (κ2) is 7.64. The van der Waals surface area contributed by atoms with E-state index in [1.54, 1.807) is 0 Å². The maximum Gasteiger partial charge on any atom is 0.417 e. The Bertz CT molecular complexity index is 484. The van der Waals surface area contributed by atoms with E-state index in [0.717, 1.165) is 31.9 Å². The van der Waals surface area contributed by atoms with Crippen LogP contribution in [0.2, 0.25) is 0 Å². The van der Waals surface area contributed by atoms with Crippen molar-refractivity contribution in [3.05, 3.63) is 29.3 Å². The van der Waals surface area contributed by atoms with Crippen LogP contribution < -0.4 is 11.1 Å². The molecule has 0 aliphatic rings. The molecule has 6 heteroatoms. The van der Waals surface area contributed by atoms with Crippen LogP contribution in [-0.4, -0.2) is 11.5 Å². The summed E-state index contributed by atoms with van der Waals surface area (Å²) in [7, 11) is 0. The Morgan fingerprint density at radius 3 is 2.48 bits per heavy atom. The number of thiocarbonyl (C=S) groups is 1. The van der Waals surface area contributed by atoms with E-state index < -0.39 is 11.7 Å². The van der Waals surface area contributed by atoms with Crippen LogP contribution in [-0.2, 0) is 6.18 Å². The van der Waals surface area contributed by atoms with Crippen LogP contribution in [0.5, 0.6) is 0 Å². The van der Waals surface area contributed by atoms with Gasteiger partial charge in [-0.3, -0.25) is 0 Å². The van der Waals surface area contributed by atoms with E-state index in [1.807, 2.05) is 0 Å². The number of rotatable bonds is 7. The van der Waals surface area contributed by atoms with Gasteiger partial charge in [-0.05, 0) is 30.5 Å². The molecular formula is C15H21F3N2S. The van der Waals surface area contributed by atoms with E-state index in [4.69, 9.17) is 18.0 Å². The monoisotopic (exact) mass is 318 g/mol. The molecule has 0 aromatic heterocycles. The Morgan fingerprint density at radius 1 is 1.29 bits per heavy atom. The van der Waals surface area contributed by atoms with Crippen molar-refractivity contribution in [2.45, 2.75) is 39.3 Å². The Hall–Kier alpha value is -1.30. The number of halogens is 3. The highest BCUT2D eigenvalue weighted by Crippen LogP contribution is 2.33. The van der Waals surface area contributed by atoms with Gasteiger partial charge in [0, 0.05) is 17.8 Å². The van der Waals surface area contributed by atoms with Gasteiger partial charge in [-0.15, -0.1) is 0 Å². The molecule has 2 nitrogen and oxygen atoms in total. The third-order valence-corrected chi connectivity index (χ3v) is 3.35. The van der Waals surface area contributed by atoms with Gasteiger partial charge >= 0.3 is 6.18 Å². The zero-order valence-electron chi connectivity index (χ0n) is 12.3. The first-order valence-electron chi connectivity index (χ1n) is 6.96. The molecule has 3 N–H and O–H groups in total. The fraction of sp³-hybridized carbons (Fsp3) is 0.533. The number of hydrogen-bond acceptors (Lipinski definition) is 2. The van der Waals surface area contributed by atoms with E-state index >= 15 is 0 Å². The highest BCUT2D eigenvalue weighted by Gasteiger charge is 2.33. The number of alkyl halides is 3. The van der Waals surface area contributed by atoms with Crippen LogP contribution in [0, 0.1) is 5.92 Å². The molecule has 0 aliphatic heterocycles. The summed E-state index contributed by atoms with van der Waals surface area (Å²) in [5, 5.41) is 3.11. The average Bonchev–Trinajstić information content (AvgIpc) is 2.36. The fourth-order valence-corrected chi connectivity index (χ4v) is 2.18. The van der Waals surface area contributed by atoms with Crippen LogP contribution in [0.15, 0.2) is 18.2 Å². The molecule has 0 fully saturated rings. The Morgan fingerprint density at radius 2 is 1.95 bits per heavy atom. The van der Waals surface area contributed by atoms with Crippen molar-refractivity contribution in [1.29, 1.82) is 0 Å². The minimum absolute atomic E-state index is 0.135. The average molecular weight is 318 g/mol. The first-order valence-corrected chi connectivity index (χ1v) is 7.37. The molecule has 0 saturated carbocycles. The molecule has 21 heavy (non-hydrogen) atoms. The van der Waals surface area contributed by atoms with Gasteiger partial charge in [-0.2, -0.15) is 13.2 Å². The van der Waals surface area contributed by atoms with Crippen molar-refractivity contribution >= 4 is 22.9 Å². The van der Waals surface area contributed by atoms with Gasteiger partial charge in [0.1, 0.15) is 4.99 Å². The molecule has 0 aliphatic carbocycles. The SMILES string of the molecule is CC(C)CCCCNc1ccc(C(F)(F)F)c(C(N)=S)c1. The molecular weight excluding hydrogens is 297 g/mol. The predicted molar refractivity (Wildman–Crippen MR) is 84.5 cm³/mol. The third kappa shape index (κ3) is 5.91. The smallest absolute Gasteiger partial charge is 0.389 e. The molecule has 0 amide bonds. The molecule has 0 unspecified atom stereocenters. The number of anilines is 1. The van der Waals surface area contributed by atoms with Crippen molar-refractivity contribution in [3.8, 4) is 0 Å². The zero-order valence-corrected chi connectivity index (χ0v) is 13.1. The molecule has 0 atom stereocenters. The Kier molecular flexibility index (Phi) is 6.45. The van der Waals surface area contributed by atoms with Crippen LogP contribution in [0.25, 0.3) is 0 Å². The number of unbranched alkanes of at least 4 members (excludes halogenated alkanes) is 1. The van der Waals surface area contributed by atoms with E-state index in [9.17, 15) is 13.2 Å². The van der Waals surface area contributed by atoms with Crippen LogP contribution in [0.1, 0.15) is 44.2 Å². The van der Waals surface area contributed by atoms with E-state index in [2.05, 4.69) is 19.2 Å². The minimum atomic E-state index is -4.45. The molecule has 0 heterocycles. The molecule has 0 spiro atoms. The highest BCUT2D eigenvalue weighted by atomic mass is 32.1. The van der Waals surface area contributed by atoms with Crippen LogP contribution >= 0.6 is 12.2 Å². The highest BCUT2D eigenvalue weighted by molar-refractivity contribution is 7.80. The maximum absolute atomic E-state index is 12.8. The fourth-order valence-electron chi connectivity index (χ4n) is 2.02. The number of benzene rings is 1. The number of nitrogens with two attached hydrogens (primary N) is 1. The lowest BCUT2D eigenvalue weighted by atomic mass is 10.1. The summed E-state index contributed by atoms with van der Waals surface area (Å²) >= 11 is 4.71. The van der Waals surface area contributed by atoms with Gasteiger partial charge in [0.25, 0.3) is 0 Å². The first kappa shape index (κ1) is 17.8. The first-order chi connectivity index (χ1) is 9.71. The minimum Gasteiger partial charge on any atom is -0.389 e. The van der Waals surface area contributed by atoms with Crippen molar-refractivity contribution in [2.24, 2.45) is 11.7 Å². The lowest BCUT2D eigenvalue weighted by Gasteiger charge is -2.14. The Labute approximate surface area is 128 Å². The number of nitrogens with one attached hydrogen (secondary N) is 1. The summed E-state index contributed by atoms with van der Waals surface area (Å²) in [6.45, 7) is 5.05. The molecule has 1 aromatic rings. The normalized spacial score (nSPS) is 11.7. The van der Waals surface area contributed by atoms with E-state index in [0.29, 0.717) is 11.6 Å². The van der Waals surface area contributed by atoms with Gasteiger partial charge in [0.15, 0.2) is 0 Å². The van der Waals surface area contributed by atoms with Crippen molar-refractivity contribution < 1.29 is 13.2 Å². The number of hydrogen-bond donors (Lipinski definition) is 2. The van der Waals surface area contributed by atoms with Gasteiger partial charge in [0.2, 0.25) is 0 Å². The molecule has 118 valence electrons. The summed E-state index contributed by atoms with van der Waals surface area (Å²) in [5.74, 6) is 0.664. The summed E-state index contributed by atoms with van der Waals surface area (Å²) in [6.07, 6.45) is -1.24. The second-order valence-corrected chi connectivity index (χ2v) is 5.88. The van der Waals surface area contributed by atoms with Gasteiger partial charge in [0.05, 0.1) is 5.56 Å². The van der Waals surface area contributed by atoms with E-state index in [1.165, 1.54) is 12.1 Å². The second-order valence-electron chi connectivity index (χ2n) is 5.44. The Balaban J connectivity index is 2.69. The van der Waals surface area contributed by atoms with Crippen LogP contribution in [0.4, 0.5) is 18.9 Å². The third-order valence-electron chi connectivity index (χ3n) is 3.13. The molecule has 0 bridgehead atoms. The van der Waals surface area contributed by atoms with Gasteiger partial charge in [-0.25, -0.2) is 0 Å². The van der Waals surface area contributed by atoms with E-state index in [-0.39, 0.29) is 10.6 Å². The quantitative estimate of drug-likeness (QED) is 0.571.